The van der Waals surface area contributed by atoms with E-state index in [1.165, 1.54) is 34.7 Å². The zero-order chi connectivity index (χ0) is 27.6. The lowest BCUT2D eigenvalue weighted by atomic mass is 9.94. The lowest BCUT2D eigenvalue weighted by Crippen LogP contribution is -2.43. The molecule has 0 radical (unpaired) electrons. The highest BCUT2D eigenvalue weighted by atomic mass is 19.4. The van der Waals surface area contributed by atoms with Crippen molar-refractivity contribution < 1.29 is 22.8 Å². The number of halogens is 3. The Morgan fingerprint density at radius 1 is 1.13 bits per heavy atom. The topological polar surface area (TPSA) is 94.2 Å². The molecular formula is C28H29F3N6O2. The molecule has 1 unspecified atom stereocenters. The molecule has 204 valence electrons. The van der Waals surface area contributed by atoms with Gasteiger partial charge in [0.2, 0.25) is 0 Å². The van der Waals surface area contributed by atoms with Crippen LogP contribution in [0.15, 0.2) is 48.8 Å². The first-order valence-electron chi connectivity index (χ1n) is 13.1. The number of nitrogens with zero attached hydrogens (tertiary/aromatic N) is 4. The first kappa shape index (κ1) is 25.4. The number of amides is 3. The minimum atomic E-state index is -4.33. The predicted octanol–water partition coefficient (Wildman–Crippen LogP) is 5.12. The Kier molecular flexibility index (Phi) is 5.74. The van der Waals surface area contributed by atoms with Crippen molar-refractivity contribution in [3.8, 4) is 0 Å². The Morgan fingerprint density at radius 2 is 1.87 bits per heavy atom. The van der Waals surface area contributed by atoms with Gasteiger partial charge in [0, 0.05) is 30.9 Å². The second-order valence-corrected chi connectivity index (χ2v) is 11.2. The van der Waals surface area contributed by atoms with Crippen LogP contribution in [-0.4, -0.2) is 49.8 Å². The van der Waals surface area contributed by atoms with Crippen molar-refractivity contribution in [3.63, 3.8) is 0 Å². The summed E-state index contributed by atoms with van der Waals surface area (Å²) in [5.74, 6) is 0.254. The van der Waals surface area contributed by atoms with E-state index in [1.54, 1.807) is 26.1 Å². The van der Waals surface area contributed by atoms with Crippen molar-refractivity contribution in [2.75, 3.05) is 10.2 Å². The van der Waals surface area contributed by atoms with Gasteiger partial charge in [0.25, 0.3) is 5.91 Å². The summed E-state index contributed by atoms with van der Waals surface area (Å²) in [7, 11) is 0. The number of imide groups is 1. The van der Waals surface area contributed by atoms with Gasteiger partial charge in [-0.05, 0) is 80.5 Å². The third-order valence-electron chi connectivity index (χ3n) is 8.33. The van der Waals surface area contributed by atoms with Crippen molar-refractivity contribution in [1.82, 2.24) is 20.1 Å². The van der Waals surface area contributed by atoms with Gasteiger partial charge >= 0.3 is 12.2 Å². The maximum absolute atomic E-state index is 13.5. The Balaban J connectivity index is 1.18. The molecule has 0 bridgehead atoms. The average Bonchev–Trinajstić information content (AvgIpc) is 3.56. The molecule has 1 aliphatic heterocycles. The molecule has 3 aromatic rings. The number of anilines is 2. The van der Waals surface area contributed by atoms with E-state index in [0.717, 1.165) is 35.4 Å². The summed E-state index contributed by atoms with van der Waals surface area (Å²) >= 11 is 0. The van der Waals surface area contributed by atoms with Gasteiger partial charge in [-0.2, -0.15) is 18.3 Å². The number of alkyl halides is 3. The Labute approximate surface area is 223 Å². The van der Waals surface area contributed by atoms with E-state index in [4.69, 9.17) is 0 Å². The third-order valence-corrected chi connectivity index (χ3v) is 8.33. The standard InChI is InChI=1S/C28H29F3N6O2/c1-26(2)24(38)37(21-7-4-19(5-8-21)27(10-11-27)28(29,30)31)25(39)36(26)16-17-9-12-32-23(13-17)34-20-6-3-18-15-33-35-22(18)14-20/h4-5,7-9,12-13,15,20H,3,6,10-11,14,16H2,1-2H3,(H,32,34)(H,33,35). The summed E-state index contributed by atoms with van der Waals surface area (Å²) in [5.41, 5.74) is 0.621. The third kappa shape index (κ3) is 4.24. The molecule has 1 saturated carbocycles. The molecular weight excluding hydrogens is 509 g/mol. The van der Waals surface area contributed by atoms with Gasteiger partial charge in [0.05, 0.1) is 17.3 Å². The number of aromatic amines is 1. The van der Waals surface area contributed by atoms with Crippen LogP contribution in [0.3, 0.4) is 0 Å². The normalized spacial score (nSPS) is 21.7. The van der Waals surface area contributed by atoms with Gasteiger partial charge in [-0.1, -0.05) is 12.1 Å². The molecule has 8 nitrogen and oxygen atoms in total. The van der Waals surface area contributed by atoms with Gasteiger partial charge in [0.1, 0.15) is 11.4 Å². The van der Waals surface area contributed by atoms with Gasteiger partial charge in [-0.25, -0.2) is 14.7 Å². The van der Waals surface area contributed by atoms with Gasteiger partial charge < -0.3 is 10.2 Å². The molecule has 1 aromatic carbocycles. The molecule has 1 saturated heterocycles. The molecule has 2 fully saturated rings. The molecule has 0 spiro atoms. The number of carbonyl (C=O) groups excluding carboxylic acids is 2. The largest absolute Gasteiger partial charge is 0.398 e. The summed E-state index contributed by atoms with van der Waals surface area (Å²) in [4.78, 5) is 33.8. The number of carbonyl (C=O) groups is 2. The van der Waals surface area contributed by atoms with Gasteiger partial charge in [-0.3, -0.25) is 9.89 Å². The first-order chi connectivity index (χ1) is 18.5. The molecule has 2 N–H and O–H groups in total. The zero-order valence-corrected chi connectivity index (χ0v) is 21.7. The summed E-state index contributed by atoms with van der Waals surface area (Å²) in [6.45, 7) is 3.53. The van der Waals surface area contributed by atoms with Crippen molar-refractivity contribution in [2.45, 2.75) is 75.7 Å². The summed E-state index contributed by atoms with van der Waals surface area (Å²) in [6, 6.07) is 8.98. The number of hydrogen-bond donors (Lipinski definition) is 2. The summed E-state index contributed by atoms with van der Waals surface area (Å²) in [5, 5.41) is 10.6. The fourth-order valence-electron chi connectivity index (χ4n) is 5.69. The zero-order valence-electron chi connectivity index (χ0n) is 21.7. The molecule has 2 aliphatic carbocycles. The number of pyridine rings is 1. The highest BCUT2D eigenvalue weighted by molar-refractivity contribution is 6.22. The quantitative estimate of drug-likeness (QED) is 0.425. The van der Waals surface area contributed by atoms with Crippen LogP contribution >= 0.6 is 0 Å². The smallest absolute Gasteiger partial charge is 0.367 e. The van der Waals surface area contributed by atoms with Crippen LogP contribution < -0.4 is 10.2 Å². The maximum atomic E-state index is 13.5. The van der Waals surface area contributed by atoms with Crippen LogP contribution in [0.2, 0.25) is 0 Å². The van der Waals surface area contributed by atoms with Gasteiger partial charge in [-0.15, -0.1) is 0 Å². The van der Waals surface area contributed by atoms with Crippen LogP contribution in [0.25, 0.3) is 0 Å². The maximum Gasteiger partial charge on any atom is 0.398 e. The van der Waals surface area contributed by atoms with Crippen LogP contribution in [-0.2, 0) is 29.6 Å². The van der Waals surface area contributed by atoms with E-state index in [-0.39, 0.29) is 36.7 Å². The number of fused-ring (bicyclic) bond motifs is 1. The average molecular weight is 539 g/mol. The van der Waals surface area contributed by atoms with Crippen molar-refractivity contribution in [1.29, 1.82) is 0 Å². The highest BCUT2D eigenvalue weighted by Crippen LogP contribution is 2.59. The number of aryl methyl sites for hydroxylation is 1. The summed E-state index contributed by atoms with van der Waals surface area (Å²) < 4.78 is 40.6. The first-order valence-corrected chi connectivity index (χ1v) is 13.1. The van der Waals surface area contributed by atoms with E-state index in [9.17, 15) is 22.8 Å². The number of hydrogen-bond acceptors (Lipinski definition) is 5. The Hall–Kier alpha value is -3.89. The lowest BCUT2D eigenvalue weighted by molar-refractivity contribution is -0.160. The number of benzene rings is 1. The minimum Gasteiger partial charge on any atom is -0.367 e. The number of aromatic nitrogens is 3. The number of H-pyrrole nitrogens is 1. The molecule has 3 aliphatic rings. The van der Waals surface area contributed by atoms with E-state index in [0.29, 0.717) is 5.82 Å². The molecule has 39 heavy (non-hydrogen) atoms. The fraction of sp³-hybridized carbons (Fsp3) is 0.429. The SMILES string of the molecule is CC1(C)C(=O)N(c2ccc(C3(C(F)(F)F)CC3)cc2)C(=O)N1Cc1ccnc(NC2CCc3cn[nH]c3C2)c1. The number of rotatable bonds is 6. The number of nitrogens with one attached hydrogen (secondary N) is 2. The highest BCUT2D eigenvalue weighted by Gasteiger charge is 2.64. The molecule has 6 rings (SSSR count). The molecule has 11 heteroatoms. The fourth-order valence-corrected chi connectivity index (χ4v) is 5.69. The van der Waals surface area contributed by atoms with Crippen LogP contribution in [0.5, 0.6) is 0 Å². The monoisotopic (exact) mass is 538 g/mol. The van der Waals surface area contributed by atoms with E-state index in [2.05, 4.69) is 20.5 Å². The van der Waals surface area contributed by atoms with Crippen LogP contribution in [0.4, 0.5) is 29.5 Å². The minimum absolute atomic E-state index is 0.0476. The molecule has 3 amide bonds. The molecule has 3 heterocycles. The van der Waals surface area contributed by atoms with E-state index in [1.807, 2.05) is 12.3 Å². The Morgan fingerprint density at radius 3 is 2.56 bits per heavy atom. The lowest BCUT2D eigenvalue weighted by Gasteiger charge is -2.28. The molecule has 1 atom stereocenters. The second kappa shape index (κ2) is 8.82. The Bertz CT molecular complexity index is 1430. The van der Waals surface area contributed by atoms with Crippen molar-refractivity contribution in [3.05, 3.63) is 71.2 Å². The molecule has 2 aromatic heterocycles. The van der Waals surface area contributed by atoms with Crippen LogP contribution in [0, 0.1) is 0 Å². The van der Waals surface area contributed by atoms with E-state index < -0.39 is 29.1 Å². The van der Waals surface area contributed by atoms with Crippen LogP contribution in [0.1, 0.15) is 55.5 Å². The van der Waals surface area contributed by atoms with Crippen molar-refractivity contribution >= 4 is 23.4 Å². The van der Waals surface area contributed by atoms with Crippen molar-refractivity contribution in [2.24, 2.45) is 0 Å². The summed E-state index contributed by atoms with van der Waals surface area (Å²) in [6.07, 6.45) is 1.98. The number of urea groups is 1. The predicted molar refractivity (Wildman–Crippen MR) is 138 cm³/mol. The van der Waals surface area contributed by atoms with Gasteiger partial charge in [0.15, 0.2) is 0 Å². The second-order valence-electron chi connectivity index (χ2n) is 11.2. The van der Waals surface area contributed by atoms with E-state index >= 15 is 0 Å².